The summed E-state index contributed by atoms with van der Waals surface area (Å²) >= 11 is 1.67. The largest absolute Gasteiger partial charge is 0.351 e. The number of hydrogen-bond acceptors (Lipinski definition) is 4. The smallest absolute Gasteiger partial charge is 0.243 e. The molecular formula is C25H38N2O3S. The van der Waals surface area contributed by atoms with Crippen LogP contribution in [0, 0.1) is 35.0 Å². The zero-order chi connectivity index (χ0) is 21.8. The van der Waals surface area contributed by atoms with Gasteiger partial charge in [-0.05, 0) is 99.9 Å². The van der Waals surface area contributed by atoms with Crippen molar-refractivity contribution in [3.63, 3.8) is 0 Å². The van der Waals surface area contributed by atoms with E-state index in [0.717, 1.165) is 49.2 Å². The minimum Gasteiger partial charge on any atom is -0.351 e. The van der Waals surface area contributed by atoms with Gasteiger partial charge in [0.2, 0.25) is 17.7 Å². The highest BCUT2D eigenvalue weighted by molar-refractivity contribution is 7.98. The number of nitrogens with zero attached hydrogens (tertiary/aromatic N) is 1. The number of carbonyl (C=O) groups is 3. The Morgan fingerprint density at radius 1 is 1.03 bits per heavy atom. The highest BCUT2D eigenvalue weighted by Crippen LogP contribution is 2.61. The molecule has 6 fully saturated rings. The van der Waals surface area contributed by atoms with E-state index < -0.39 is 6.04 Å². The molecule has 1 heterocycles. The predicted octanol–water partition coefficient (Wildman–Crippen LogP) is 4.00. The number of thioether (sulfide) groups is 1. The molecule has 4 bridgehead atoms. The third kappa shape index (κ3) is 3.75. The van der Waals surface area contributed by atoms with Crippen molar-refractivity contribution in [2.75, 3.05) is 12.0 Å². The predicted molar refractivity (Wildman–Crippen MR) is 122 cm³/mol. The Bertz CT molecular complexity index is 694. The molecule has 0 aromatic rings. The molecule has 5 aliphatic carbocycles. The maximum absolute atomic E-state index is 13.6. The number of carbonyl (C=O) groups excluding carboxylic acids is 3. The third-order valence-electron chi connectivity index (χ3n) is 9.45. The Kier molecular flexibility index (Phi) is 5.89. The van der Waals surface area contributed by atoms with E-state index in [1.54, 1.807) is 11.8 Å². The van der Waals surface area contributed by atoms with Crippen molar-refractivity contribution in [1.29, 1.82) is 0 Å². The second kappa shape index (κ2) is 8.39. The first-order valence-electron chi connectivity index (χ1n) is 12.6. The second-order valence-corrected chi connectivity index (χ2v) is 12.3. The quantitative estimate of drug-likeness (QED) is 0.600. The van der Waals surface area contributed by atoms with E-state index >= 15 is 0 Å². The highest BCUT2D eigenvalue weighted by Gasteiger charge is 2.55. The van der Waals surface area contributed by atoms with E-state index in [2.05, 4.69) is 12.2 Å². The molecule has 0 aromatic heterocycles. The zero-order valence-electron chi connectivity index (χ0n) is 19.1. The summed E-state index contributed by atoms with van der Waals surface area (Å²) in [5.74, 6) is 2.64. The lowest BCUT2D eigenvalue weighted by atomic mass is 9.48. The van der Waals surface area contributed by atoms with Gasteiger partial charge < -0.3 is 5.32 Å². The standard InChI is InChI=1S/C25H38N2O3S/c1-15(25-12-16-9-17(13-25)11-18(10-16)14-25)26-22(28)21(7-8-31-2)27-23(29)19-5-3-4-6-20(19)24(27)30/h15-21H,3-14H2,1-2H3,(H,26,28)/t15-,16?,17?,18?,19-,20+,21+,25?/m0/s1. The molecule has 5 nitrogen and oxygen atoms in total. The van der Waals surface area contributed by atoms with Crippen LogP contribution in [0.2, 0.25) is 0 Å². The van der Waals surface area contributed by atoms with Crippen LogP contribution in [0.15, 0.2) is 0 Å². The van der Waals surface area contributed by atoms with Gasteiger partial charge in [-0.2, -0.15) is 11.8 Å². The zero-order valence-corrected chi connectivity index (χ0v) is 19.9. The van der Waals surface area contributed by atoms with E-state index in [9.17, 15) is 14.4 Å². The van der Waals surface area contributed by atoms with Crippen LogP contribution in [0.4, 0.5) is 0 Å². The molecule has 6 rings (SSSR count). The molecule has 5 saturated carbocycles. The van der Waals surface area contributed by atoms with Crippen LogP contribution in [0.5, 0.6) is 0 Å². The van der Waals surface area contributed by atoms with Gasteiger partial charge in [0.25, 0.3) is 0 Å². The number of fused-ring (bicyclic) bond motifs is 1. The van der Waals surface area contributed by atoms with Crippen molar-refractivity contribution in [2.24, 2.45) is 35.0 Å². The molecule has 6 heteroatoms. The Labute approximate surface area is 190 Å². The molecule has 31 heavy (non-hydrogen) atoms. The summed E-state index contributed by atoms with van der Waals surface area (Å²) in [7, 11) is 0. The van der Waals surface area contributed by atoms with E-state index in [4.69, 9.17) is 0 Å². The van der Waals surface area contributed by atoms with Crippen LogP contribution < -0.4 is 5.32 Å². The van der Waals surface area contributed by atoms with Crippen molar-refractivity contribution >= 4 is 29.5 Å². The Morgan fingerprint density at radius 2 is 1.55 bits per heavy atom. The maximum atomic E-state index is 13.6. The first-order valence-corrected chi connectivity index (χ1v) is 14.0. The summed E-state index contributed by atoms with van der Waals surface area (Å²) in [6.45, 7) is 2.18. The van der Waals surface area contributed by atoms with E-state index in [0.29, 0.717) is 6.42 Å². The molecule has 0 radical (unpaired) electrons. The van der Waals surface area contributed by atoms with E-state index in [-0.39, 0.29) is 41.0 Å². The lowest BCUT2D eigenvalue weighted by Gasteiger charge is -2.59. The van der Waals surface area contributed by atoms with Crippen LogP contribution in [0.25, 0.3) is 0 Å². The Hall–Kier alpha value is -1.04. The average Bonchev–Trinajstić information content (AvgIpc) is 2.98. The van der Waals surface area contributed by atoms with Gasteiger partial charge in [0.1, 0.15) is 6.04 Å². The lowest BCUT2D eigenvalue weighted by molar-refractivity contribution is -0.149. The fourth-order valence-corrected chi connectivity index (χ4v) is 8.73. The number of rotatable bonds is 7. The SMILES string of the molecule is CSCC[C@H](C(=O)N[C@@H](C)C12CC3CC(CC(C3)C1)C2)N1C(=O)[C@H]2CCCC[C@H]2C1=O. The second-order valence-electron chi connectivity index (χ2n) is 11.4. The molecule has 0 spiro atoms. The highest BCUT2D eigenvalue weighted by atomic mass is 32.2. The summed E-state index contributed by atoms with van der Waals surface area (Å²) in [6, 6.07) is -0.533. The molecule has 1 N–H and O–H groups in total. The van der Waals surface area contributed by atoms with Crippen molar-refractivity contribution in [1.82, 2.24) is 10.2 Å². The number of hydrogen-bond donors (Lipinski definition) is 1. The van der Waals surface area contributed by atoms with Crippen molar-refractivity contribution < 1.29 is 14.4 Å². The molecule has 1 saturated heterocycles. The fourth-order valence-electron chi connectivity index (χ4n) is 8.27. The maximum Gasteiger partial charge on any atom is 0.243 e. The number of amides is 3. The van der Waals surface area contributed by atoms with Gasteiger partial charge in [-0.3, -0.25) is 19.3 Å². The number of imide groups is 1. The first-order chi connectivity index (χ1) is 14.9. The summed E-state index contributed by atoms with van der Waals surface area (Å²) in [6.07, 6.45) is 14.1. The van der Waals surface area contributed by atoms with Crippen molar-refractivity contribution in [3.8, 4) is 0 Å². The van der Waals surface area contributed by atoms with Crippen LogP contribution >= 0.6 is 11.8 Å². The molecule has 3 amide bonds. The molecule has 172 valence electrons. The van der Waals surface area contributed by atoms with Crippen LogP contribution in [-0.4, -0.2) is 46.7 Å². The normalized spacial score (nSPS) is 40.7. The molecule has 0 unspecified atom stereocenters. The minimum absolute atomic E-state index is 0.0848. The van der Waals surface area contributed by atoms with Gasteiger partial charge in [-0.25, -0.2) is 0 Å². The fraction of sp³-hybridized carbons (Fsp3) is 0.880. The van der Waals surface area contributed by atoms with Crippen molar-refractivity contribution in [3.05, 3.63) is 0 Å². The van der Waals surface area contributed by atoms with Gasteiger partial charge in [-0.1, -0.05) is 12.8 Å². The van der Waals surface area contributed by atoms with Gasteiger partial charge >= 0.3 is 0 Å². The minimum atomic E-state index is -0.644. The van der Waals surface area contributed by atoms with E-state index in [1.165, 1.54) is 43.4 Å². The van der Waals surface area contributed by atoms with Gasteiger partial charge in [0, 0.05) is 6.04 Å². The lowest BCUT2D eigenvalue weighted by Crippen LogP contribution is -2.59. The Balaban J connectivity index is 1.32. The third-order valence-corrected chi connectivity index (χ3v) is 10.1. The summed E-state index contributed by atoms with van der Waals surface area (Å²) < 4.78 is 0. The number of nitrogens with one attached hydrogen (secondary N) is 1. The van der Waals surface area contributed by atoms with Crippen LogP contribution in [0.3, 0.4) is 0 Å². The first kappa shape index (κ1) is 21.8. The molecule has 1 aliphatic heterocycles. The monoisotopic (exact) mass is 446 g/mol. The summed E-state index contributed by atoms with van der Waals surface area (Å²) in [5.41, 5.74) is 0.224. The Morgan fingerprint density at radius 3 is 2.03 bits per heavy atom. The average molecular weight is 447 g/mol. The van der Waals surface area contributed by atoms with Crippen LogP contribution in [-0.2, 0) is 14.4 Å². The molecule has 0 aromatic carbocycles. The number of likely N-dealkylation sites (tertiary alicyclic amines) is 1. The van der Waals surface area contributed by atoms with E-state index in [1.807, 2.05) is 6.26 Å². The summed E-state index contributed by atoms with van der Waals surface area (Å²) in [5, 5.41) is 3.35. The molecule has 6 aliphatic rings. The topological polar surface area (TPSA) is 66.5 Å². The van der Waals surface area contributed by atoms with Gasteiger partial charge in [0.15, 0.2) is 0 Å². The van der Waals surface area contributed by atoms with Crippen molar-refractivity contribution in [2.45, 2.75) is 89.6 Å². The van der Waals surface area contributed by atoms with Crippen LogP contribution in [0.1, 0.15) is 77.6 Å². The summed E-state index contributed by atoms with van der Waals surface area (Å²) in [4.78, 5) is 41.3. The molecule has 4 atom stereocenters. The molecular weight excluding hydrogens is 408 g/mol. The van der Waals surface area contributed by atoms with Gasteiger partial charge in [-0.15, -0.1) is 0 Å². The van der Waals surface area contributed by atoms with Gasteiger partial charge in [0.05, 0.1) is 11.8 Å².